The molecule has 4 amide bonds. The Morgan fingerprint density at radius 3 is 2.38 bits per heavy atom. The summed E-state index contributed by atoms with van der Waals surface area (Å²) in [7, 11) is 3.50. The van der Waals surface area contributed by atoms with Gasteiger partial charge in [0.25, 0.3) is 5.91 Å². The number of hydrogen-bond acceptors (Lipinski definition) is 4. The molecule has 1 aromatic heterocycles. The molecule has 3 aliphatic heterocycles. The Hall–Kier alpha value is -2.51. The standard InChI is InChI=1S/C21H30N4O4/c1-4-23-12-9-21(18(23)27)15-25(19(28)22(2)3)14-20(21)7-10-24(11-8-20)17(26)16-6-5-13-29-16/h5-6,13H,4,7-12,14-15H2,1-3H3. The minimum absolute atomic E-state index is 0.0434. The van der Waals surface area contributed by atoms with E-state index in [0.717, 1.165) is 25.8 Å². The van der Waals surface area contributed by atoms with Crippen LogP contribution in [0.1, 0.15) is 36.7 Å². The van der Waals surface area contributed by atoms with Gasteiger partial charge in [0.1, 0.15) is 0 Å². The number of amides is 4. The predicted molar refractivity (Wildman–Crippen MR) is 106 cm³/mol. The summed E-state index contributed by atoms with van der Waals surface area (Å²) in [5.74, 6) is 0.423. The number of carbonyl (C=O) groups is 3. The maximum Gasteiger partial charge on any atom is 0.319 e. The third-order valence-electron chi connectivity index (χ3n) is 7.25. The molecule has 0 bridgehead atoms. The Bertz CT molecular complexity index is 798. The zero-order valence-corrected chi connectivity index (χ0v) is 17.5. The van der Waals surface area contributed by atoms with E-state index in [1.807, 2.05) is 21.6 Å². The number of piperidine rings is 1. The Morgan fingerprint density at radius 2 is 1.83 bits per heavy atom. The van der Waals surface area contributed by atoms with Crippen molar-refractivity contribution in [3.8, 4) is 0 Å². The number of carbonyl (C=O) groups excluding carboxylic acids is 3. The summed E-state index contributed by atoms with van der Waals surface area (Å²) in [5.41, 5.74) is -0.811. The van der Waals surface area contributed by atoms with Crippen LogP contribution in [0, 0.1) is 10.8 Å². The fraction of sp³-hybridized carbons (Fsp3) is 0.667. The Morgan fingerprint density at radius 1 is 1.10 bits per heavy atom. The minimum Gasteiger partial charge on any atom is -0.459 e. The van der Waals surface area contributed by atoms with E-state index in [4.69, 9.17) is 4.42 Å². The number of likely N-dealkylation sites (tertiary alicyclic amines) is 3. The molecule has 0 saturated carbocycles. The van der Waals surface area contributed by atoms with Crippen LogP contribution in [0.3, 0.4) is 0 Å². The molecule has 29 heavy (non-hydrogen) atoms. The van der Waals surface area contributed by atoms with E-state index in [9.17, 15) is 14.4 Å². The number of rotatable bonds is 2. The van der Waals surface area contributed by atoms with E-state index < -0.39 is 5.41 Å². The quantitative estimate of drug-likeness (QED) is 0.755. The Kier molecular flexibility index (Phi) is 4.83. The highest BCUT2D eigenvalue weighted by Gasteiger charge is 2.66. The molecule has 1 aromatic rings. The molecule has 3 fully saturated rings. The summed E-state index contributed by atoms with van der Waals surface area (Å²) in [6.45, 7) is 5.65. The van der Waals surface area contributed by atoms with Crippen LogP contribution in [0.5, 0.6) is 0 Å². The molecule has 4 heterocycles. The lowest BCUT2D eigenvalue weighted by Crippen LogP contribution is -2.53. The third kappa shape index (κ3) is 2.91. The molecule has 2 spiro atoms. The fourth-order valence-corrected chi connectivity index (χ4v) is 5.59. The monoisotopic (exact) mass is 402 g/mol. The first-order valence-corrected chi connectivity index (χ1v) is 10.4. The van der Waals surface area contributed by atoms with Crippen molar-refractivity contribution in [2.45, 2.75) is 26.2 Å². The van der Waals surface area contributed by atoms with Gasteiger partial charge in [0.05, 0.1) is 11.7 Å². The second-order valence-corrected chi connectivity index (χ2v) is 8.80. The van der Waals surface area contributed by atoms with Crippen molar-refractivity contribution in [2.24, 2.45) is 10.8 Å². The van der Waals surface area contributed by atoms with E-state index in [-0.39, 0.29) is 23.3 Å². The van der Waals surface area contributed by atoms with Crippen LogP contribution < -0.4 is 0 Å². The van der Waals surface area contributed by atoms with E-state index in [2.05, 4.69) is 0 Å². The van der Waals surface area contributed by atoms with E-state index in [1.165, 1.54) is 6.26 Å². The molecule has 0 N–H and O–H groups in total. The van der Waals surface area contributed by atoms with Gasteiger partial charge in [0, 0.05) is 58.8 Å². The Labute approximate surface area is 171 Å². The topological polar surface area (TPSA) is 77.3 Å². The normalized spacial score (nSPS) is 26.0. The summed E-state index contributed by atoms with van der Waals surface area (Å²) in [6, 6.07) is 3.35. The minimum atomic E-state index is -0.533. The highest BCUT2D eigenvalue weighted by Crippen LogP contribution is 2.58. The number of urea groups is 1. The third-order valence-corrected chi connectivity index (χ3v) is 7.25. The van der Waals surface area contributed by atoms with Crippen LogP contribution in [0.2, 0.25) is 0 Å². The molecule has 8 heteroatoms. The highest BCUT2D eigenvalue weighted by atomic mass is 16.3. The first-order valence-electron chi connectivity index (χ1n) is 10.4. The summed E-state index contributed by atoms with van der Waals surface area (Å²) in [6.07, 6.45) is 3.73. The van der Waals surface area contributed by atoms with Gasteiger partial charge in [-0.25, -0.2) is 4.79 Å². The smallest absolute Gasteiger partial charge is 0.319 e. The van der Waals surface area contributed by atoms with Crippen molar-refractivity contribution in [1.82, 2.24) is 19.6 Å². The molecule has 0 aromatic carbocycles. The highest BCUT2D eigenvalue weighted by molar-refractivity contribution is 5.92. The maximum absolute atomic E-state index is 13.5. The average Bonchev–Trinajstić information content (AvgIpc) is 3.42. The lowest BCUT2D eigenvalue weighted by Gasteiger charge is -2.46. The summed E-state index contributed by atoms with van der Waals surface area (Å²) >= 11 is 0. The van der Waals surface area contributed by atoms with Crippen molar-refractivity contribution in [3.05, 3.63) is 24.2 Å². The number of hydrogen-bond donors (Lipinski definition) is 0. The van der Waals surface area contributed by atoms with Crippen LogP contribution in [-0.2, 0) is 4.79 Å². The molecular weight excluding hydrogens is 372 g/mol. The van der Waals surface area contributed by atoms with Gasteiger partial charge in [-0.2, -0.15) is 0 Å². The first kappa shape index (κ1) is 19.8. The van der Waals surface area contributed by atoms with E-state index >= 15 is 0 Å². The van der Waals surface area contributed by atoms with Gasteiger partial charge in [-0.3, -0.25) is 9.59 Å². The second kappa shape index (κ2) is 7.07. The van der Waals surface area contributed by atoms with Crippen molar-refractivity contribution in [1.29, 1.82) is 0 Å². The Balaban J connectivity index is 1.59. The van der Waals surface area contributed by atoms with Gasteiger partial charge in [0.2, 0.25) is 5.91 Å². The van der Waals surface area contributed by atoms with Crippen LogP contribution in [-0.4, -0.2) is 90.8 Å². The zero-order chi connectivity index (χ0) is 20.8. The molecular formula is C21H30N4O4. The largest absolute Gasteiger partial charge is 0.459 e. The van der Waals surface area contributed by atoms with Crippen molar-refractivity contribution >= 4 is 17.8 Å². The molecule has 3 aliphatic rings. The number of furan rings is 1. The second-order valence-electron chi connectivity index (χ2n) is 8.80. The van der Waals surface area contributed by atoms with Gasteiger partial charge in [-0.05, 0) is 38.3 Å². The lowest BCUT2D eigenvalue weighted by atomic mass is 9.60. The SMILES string of the molecule is CCN1CCC2(CN(C(=O)N(C)C)CC23CCN(C(=O)c2ccco2)CC3)C1=O. The average molecular weight is 402 g/mol. The molecule has 3 saturated heterocycles. The van der Waals surface area contributed by atoms with Crippen molar-refractivity contribution < 1.29 is 18.8 Å². The van der Waals surface area contributed by atoms with E-state index in [0.29, 0.717) is 38.5 Å². The predicted octanol–water partition coefficient (Wildman–Crippen LogP) is 1.74. The van der Waals surface area contributed by atoms with Crippen molar-refractivity contribution in [2.75, 3.05) is 53.4 Å². The molecule has 1 unspecified atom stereocenters. The van der Waals surface area contributed by atoms with Crippen molar-refractivity contribution in [3.63, 3.8) is 0 Å². The van der Waals surface area contributed by atoms with E-state index in [1.54, 1.807) is 31.1 Å². The fourth-order valence-electron chi connectivity index (χ4n) is 5.59. The molecule has 158 valence electrons. The van der Waals surface area contributed by atoms with Crippen LogP contribution in [0.4, 0.5) is 4.79 Å². The number of fused-ring (bicyclic) bond motifs is 1. The van der Waals surface area contributed by atoms with Gasteiger partial charge in [0.15, 0.2) is 5.76 Å². The zero-order valence-electron chi connectivity index (χ0n) is 17.5. The van der Waals surface area contributed by atoms with Crippen LogP contribution in [0.15, 0.2) is 22.8 Å². The van der Waals surface area contributed by atoms with Gasteiger partial charge < -0.3 is 24.0 Å². The molecule has 8 nitrogen and oxygen atoms in total. The first-order chi connectivity index (χ1) is 13.8. The van der Waals surface area contributed by atoms with Crippen LogP contribution in [0.25, 0.3) is 0 Å². The summed E-state index contributed by atoms with van der Waals surface area (Å²) in [5, 5.41) is 0. The molecule has 4 rings (SSSR count). The molecule has 0 aliphatic carbocycles. The van der Waals surface area contributed by atoms with Gasteiger partial charge in [-0.15, -0.1) is 0 Å². The molecule has 1 atom stereocenters. The lowest BCUT2D eigenvalue weighted by molar-refractivity contribution is -0.141. The molecule has 0 radical (unpaired) electrons. The summed E-state index contributed by atoms with van der Waals surface area (Å²) in [4.78, 5) is 46.1. The van der Waals surface area contributed by atoms with Crippen LogP contribution >= 0.6 is 0 Å². The summed E-state index contributed by atoms with van der Waals surface area (Å²) < 4.78 is 5.27. The number of nitrogens with zero attached hydrogens (tertiary/aromatic N) is 4. The maximum atomic E-state index is 13.5. The van der Waals surface area contributed by atoms with Gasteiger partial charge >= 0.3 is 6.03 Å². The van der Waals surface area contributed by atoms with Gasteiger partial charge in [-0.1, -0.05) is 0 Å².